The molecule has 5 unspecified atom stereocenters. The number of phosphoric acid groups is 2. The SMILES string of the molecule is CC/C=C\C/C=C\C/C=C\C/C=C\C/C=C\CC(=O)OCC(COP(=O)(O)OCC(O)COP(=O)(O)OCC(COC(=O)CCCCCC/C=C\C/C=C\C/C=C\C/C=C\CC)OC(=O)CCCCCC/C=C\C/C=C\C/C=C\C/C=C\CC)OC(=O)CCCCCCC/C=C\CCCCCC. The standard InChI is InChI=1S/C83H134O17P2/c1-5-9-13-17-21-25-29-33-36-38-41-45-48-52-56-60-64-68-81(86)94-74-79(100-83(88)70-66-62-58-54-50-46-42-39-37-34-30-26-22-18-14-10-6-2)76-98-102(91,92)96-72-77(84)71-95-101(89,90)97-75-78(99-82(87)69-65-61-57-53-49-43-32-28-24-20-16-12-8-4)73-93-80(85)67-63-59-55-51-47-44-40-35-31-27-23-19-15-11-7-3/h9-11,13-15,21-23,25-28,32-37,40-42,45-47,51,59,63,77-79,84H,5-8,12,16-20,24,29-31,38-39,43-44,48-50,52-58,60-62,64-76H2,1-4H3,(H,89,90)(H,91,92)/b13-9-,14-10-,15-11-,25-21-,26-22-,27-23-,32-28-,36-33-,37-34-,40-35-,45-41-,46-42-,51-47-,63-59-. The quantitative estimate of drug-likeness (QED) is 0.0169. The van der Waals surface area contributed by atoms with Gasteiger partial charge in [0, 0.05) is 19.3 Å². The zero-order chi connectivity index (χ0) is 74.6. The molecule has 0 aromatic heterocycles. The number of allylic oxidation sites excluding steroid dienone is 27. The molecule has 19 heteroatoms. The van der Waals surface area contributed by atoms with E-state index in [1.165, 1.54) is 25.7 Å². The fourth-order valence-electron chi connectivity index (χ4n) is 9.44. The van der Waals surface area contributed by atoms with E-state index in [1.807, 2.05) is 18.2 Å². The van der Waals surface area contributed by atoms with Crippen LogP contribution in [0.15, 0.2) is 170 Å². The topological polar surface area (TPSA) is 237 Å². The lowest BCUT2D eigenvalue weighted by Gasteiger charge is -2.21. The summed E-state index contributed by atoms with van der Waals surface area (Å²) in [6.07, 6.45) is 86.6. The molecular weight excluding hydrogens is 1330 g/mol. The van der Waals surface area contributed by atoms with Crippen LogP contribution in [0.1, 0.15) is 272 Å². The second kappa shape index (κ2) is 73.7. The third-order valence-electron chi connectivity index (χ3n) is 15.2. The molecule has 0 saturated carbocycles. The Kier molecular flexibility index (Phi) is 69.7. The minimum Gasteiger partial charge on any atom is -0.462 e. The van der Waals surface area contributed by atoms with Crippen LogP contribution in [0.3, 0.4) is 0 Å². The highest BCUT2D eigenvalue weighted by molar-refractivity contribution is 7.47. The van der Waals surface area contributed by atoms with E-state index in [-0.39, 0.29) is 25.7 Å². The van der Waals surface area contributed by atoms with Crippen LogP contribution in [0.25, 0.3) is 0 Å². The predicted molar refractivity (Wildman–Crippen MR) is 417 cm³/mol. The number of carbonyl (C=O) groups is 4. The number of hydrogen-bond donors (Lipinski definition) is 3. The van der Waals surface area contributed by atoms with Crippen molar-refractivity contribution < 1.29 is 80.2 Å². The molecule has 0 saturated heterocycles. The van der Waals surface area contributed by atoms with Gasteiger partial charge in [0.1, 0.15) is 19.3 Å². The normalized spacial score (nSPS) is 14.9. The number of esters is 4. The lowest BCUT2D eigenvalue weighted by Crippen LogP contribution is -2.30. The number of unbranched alkanes of at least 4 members (excludes halogenated alkanes) is 17. The van der Waals surface area contributed by atoms with Gasteiger partial charge in [-0.3, -0.25) is 37.3 Å². The first-order chi connectivity index (χ1) is 49.7. The zero-order valence-corrected chi connectivity index (χ0v) is 64.8. The molecule has 0 spiro atoms. The Labute approximate surface area is 616 Å². The van der Waals surface area contributed by atoms with Crippen molar-refractivity contribution in [3.8, 4) is 0 Å². The highest BCUT2D eigenvalue weighted by Crippen LogP contribution is 2.45. The van der Waals surface area contributed by atoms with Crippen LogP contribution in [-0.4, -0.2) is 96.7 Å². The van der Waals surface area contributed by atoms with Gasteiger partial charge in [0.05, 0.1) is 32.8 Å². The fraction of sp³-hybridized carbons (Fsp3) is 0.614. The summed E-state index contributed by atoms with van der Waals surface area (Å²) in [6.45, 7) is 4.31. The Morgan fingerprint density at radius 1 is 0.294 bits per heavy atom. The van der Waals surface area contributed by atoms with Crippen molar-refractivity contribution in [2.45, 2.75) is 290 Å². The van der Waals surface area contributed by atoms with Gasteiger partial charge in [-0.1, -0.05) is 262 Å². The molecule has 0 fully saturated rings. The number of aliphatic hydroxyl groups is 1. The number of carbonyl (C=O) groups excluding carboxylic acids is 4. The minimum atomic E-state index is -5.01. The van der Waals surface area contributed by atoms with Gasteiger partial charge in [-0.15, -0.1) is 0 Å². The maximum atomic E-state index is 13.1. The number of hydrogen-bond acceptors (Lipinski definition) is 15. The molecule has 3 N–H and O–H groups in total. The molecule has 0 rings (SSSR count). The summed E-state index contributed by atoms with van der Waals surface area (Å²) in [5.74, 6) is -2.40. The molecule has 17 nitrogen and oxygen atoms in total. The van der Waals surface area contributed by atoms with Crippen molar-refractivity contribution >= 4 is 39.5 Å². The Morgan fingerprint density at radius 3 is 0.882 bits per heavy atom. The Hall–Kier alpha value is -5.58. The molecule has 0 aromatic rings. The van der Waals surface area contributed by atoms with Crippen LogP contribution in [0, 0.1) is 0 Å². The lowest BCUT2D eigenvalue weighted by molar-refractivity contribution is -0.161. The van der Waals surface area contributed by atoms with Crippen LogP contribution >= 0.6 is 15.6 Å². The molecule has 0 aliphatic rings. The third kappa shape index (κ3) is 72.8. The van der Waals surface area contributed by atoms with Gasteiger partial charge in [0.25, 0.3) is 0 Å². The Morgan fingerprint density at radius 2 is 0.549 bits per heavy atom. The van der Waals surface area contributed by atoms with Crippen LogP contribution < -0.4 is 0 Å². The maximum absolute atomic E-state index is 13.1. The average Bonchev–Trinajstić information content (AvgIpc) is 0.908. The second-order valence-electron chi connectivity index (χ2n) is 24.8. The molecule has 102 heavy (non-hydrogen) atoms. The molecule has 5 atom stereocenters. The number of aliphatic hydroxyl groups excluding tert-OH is 1. The first-order valence-corrected chi connectivity index (χ1v) is 41.4. The van der Waals surface area contributed by atoms with E-state index in [1.54, 1.807) is 6.08 Å². The first-order valence-electron chi connectivity index (χ1n) is 38.4. The van der Waals surface area contributed by atoms with E-state index < -0.39 is 97.5 Å². The molecule has 0 heterocycles. The van der Waals surface area contributed by atoms with Crippen molar-refractivity contribution in [2.75, 3.05) is 39.6 Å². The summed E-state index contributed by atoms with van der Waals surface area (Å²) in [6, 6.07) is 0. The van der Waals surface area contributed by atoms with Gasteiger partial charge >= 0.3 is 39.5 Å². The molecular formula is C83H134O17P2. The van der Waals surface area contributed by atoms with E-state index in [0.717, 1.165) is 167 Å². The third-order valence-corrected chi connectivity index (χ3v) is 17.1. The second-order valence-corrected chi connectivity index (χ2v) is 27.7. The Balaban J connectivity index is 5.49. The minimum absolute atomic E-state index is 0.0526. The average molecular weight is 1470 g/mol. The maximum Gasteiger partial charge on any atom is 0.472 e. The van der Waals surface area contributed by atoms with Crippen molar-refractivity contribution in [1.29, 1.82) is 0 Å². The van der Waals surface area contributed by atoms with Crippen LogP contribution in [-0.2, 0) is 65.4 Å². The summed E-state index contributed by atoms with van der Waals surface area (Å²) in [4.78, 5) is 72.8. The summed E-state index contributed by atoms with van der Waals surface area (Å²) < 4.78 is 68.3. The molecule has 0 aliphatic carbocycles. The Bertz CT molecular complexity index is 2600. The van der Waals surface area contributed by atoms with Gasteiger partial charge < -0.3 is 33.8 Å². The fourth-order valence-corrected chi connectivity index (χ4v) is 11.0. The van der Waals surface area contributed by atoms with E-state index in [4.69, 9.17) is 37.0 Å². The highest BCUT2D eigenvalue weighted by atomic mass is 31.2. The van der Waals surface area contributed by atoms with Gasteiger partial charge in [-0.2, -0.15) is 0 Å². The van der Waals surface area contributed by atoms with Crippen LogP contribution in [0.5, 0.6) is 0 Å². The monoisotopic (exact) mass is 1460 g/mol. The van der Waals surface area contributed by atoms with Crippen molar-refractivity contribution in [1.82, 2.24) is 0 Å². The molecule has 0 bridgehead atoms. The summed E-state index contributed by atoms with van der Waals surface area (Å²) >= 11 is 0. The molecule has 0 aliphatic heterocycles. The van der Waals surface area contributed by atoms with Crippen LogP contribution in [0.2, 0.25) is 0 Å². The van der Waals surface area contributed by atoms with Gasteiger partial charge in [-0.25, -0.2) is 9.13 Å². The van der Waals surface area contributed by atoms with Gasteiger partial charge in [-0.05, 0) is 154 Å². The van der Waals surface area contributed by atoms with Crippen molar-refractivity contribution in [2.24, 2.45) is 0 Å². The van der Waals surface area contributed by atoms with Crippen molar-refractivity contribution in [3.63, 3.8) is 0 Å². The number of phosphoric ester groups is 2. The molecule has 578 valence electrons. The number of ether oxygens (including phenoxy) is 4. The number of rotatable bonds is 70. The summed E-state index contributed by atoms with van der Waals surface area (Å²) in [5.41, 5.74) is 0. The zero-order valence-electron chi connectivity index (χ0n) is 63.0. The highest BCUT2D eigenvalue weighted by Gasteiger charge is 2.30. The molecule has 0 amide bonds. The van der Waals surface area contributed by atoms with E-state index >= 15 is 0 Å². The summed E-state index contributed by atoms with van der Waals surface area (Å²) in [7, 11) is -10.0. The van der Waals surface area contributed by atoms with E-state index in [9.17, 15) is 43.2 Å². The van der Waals surface area contributed by atoms with Gasteiger partial charge in [0.15, 0.2) is 12.2 Å². The van der Waals surface area contributed by atoms with E-state index in [2.05, 4.69) is 174 Å². The van der Waals surface area contributed by atoms with Crippen molar-refractivity contribution in [3.05, 3.63) is 170 Å². The predicted octanol–water partition coefficient (Wildman–Crippen LogP) is 22.2. The largest absolute Gasteiger partial charge is 0.472 e. The van der Waals surface area contributed by atoms with Crippen LogP contribution in [0.4, 0.5) is 0 Å². The molecule has 0 radical (unpaired) electrons. The van der Waals surface area contributed by atoms with Gasteiger partial charge in [0.2, 0.25) is 0 Å². The van der Waals surface area contributed by atoms with E-state index in [0.29, 0.717) is 25.7 Å². The first kappa shape index (κ1) is 96.4. The molecule has 0 aromatic carbocycles. The smallest absolute Gasteiger partial charge is 0.462 e. The lowest BCUT2D eigenvalue weighted by atomic mass is 10.1. The summed E-state index contributed by atoms with van der Waals surface area (Å²) in [5, 5.41) is 10.6.